The first kappa shape index (κ1) is 14.0. The molecule has 2 aromatic carbocycles. The number of para-hydroxylation sites is 2. The van der Waals surface area contributed by atoms with Crippen molar-refractivity contribution in [2.24, 2.45) is 0 Å². The third-order valence-corrected chi connectivity index (χ3v) is 2.67. The summed E-state index contributed by atoms with van der Waals surface area (Å²) in [6.07, 6.45) is 0. The quantitative estimate of drug-likeness (QED) is 0.788. The largest absolute Gasteiger partial charge is 0.493 e. The topological polar surface area (TPSA) is 35.5 Å². The minimum Gasteiger partial charge on any atom is -0.493 e. The lowest BCUT2D eigenvalue weighted by Crippen LogP contribution is -2.15. The maximum atomic E-state index is 13.4. The predicted octanol–water partition coefficient (Wildman–Crippen LogP) is 3.24. The van der Waals surface area contributed by atoms with E-state index in [1.807, 2.05) is 0 Å². The Hall–Kier alpha value is -2.43. The van der Waals surface area contributed by atoms with Gasteiger partial charge < -0.3 is 9.47 Å². The summed E-state index contributed by atoms with van der Waals surface area (Å²) in [6, 6.07) is 9.95. The average molecular weight is 278 g/mol. The van der Waals surface area contributed by atoms with E-state index in [1.165, 1.54) is 13.2 Å². The zero-order valence-electron chi connectivity index (χ0n) is 10.7. The van der Waals surface area contributed by atoms with Crippen LogP contribution >= 0.6 is 0 Å². The zero-order chi connectivity index (χ0) is 14.5. The number of halogens is 2. The second-order valence-corrected chi connectivity index (χ2v) is 3.96. The highest BCUT2D eigenvalue weighted by Crippen LogP contribution is 2.26. The monoisotopic (exact) mass is 278 g/mol. The van der Waals surface area contributed by atoms with Crippen LogP contribution in [0, 0.1) is 11.6 Å². The molecule has 0 fully saturated rings. The van der Waals surface area contributed by atoms with Gasteiger partial charge in [0.15, 0.2) is 18.1 Å². The zero-order valence-corrected chi connectivity index (χ0v) is 10.7. The van der Waals surface area contributed by atoms with Crippen molar-refractivity contribution in [3.05, 3.63) is 59.7 Å². The molecule has 104 valence electrons. The lowest BCUT2D eigenvalue weighted by Gasteiger charge is -2.10. The highest BCUT2D eigenvalue weighted by atomic mass is 19.1. The van der Waals surface area contributed by atoms with Gasteiger partial charge in [-0.2, -0.15) is 0 Å². The van der Waals surface area contributed by atoms with E-state index in [4.69, 9.17) is 9.47 Å². The number of methoxy groups -OCH3 is 1. The Kier molecular flexibility index (Phi) is 4.30. The molecule has 0 aliphatic carbocycles. The van der Waals surface area contributed by atoms with Crippen LogP contribution in [-0.4, -0.2) is 19.5 Å². The first-order valence-corrected chi connectivity index (χ1v) is 5.86. The highest BCUT2D eigenvalue weighted by Gasteiger charge is 2.18. The number of ether oxygens (including phenoxy) is 2. The summed E-state index contributed by atoms with van der Waals surface area (Å²) in [6.45, 7) is -0.474. The molecule has 0 radical (unpaired) electrons. The van der Waals surface area contributed by atoms with Crippen molar-refractivity contribution >= 4 is 5.78 Å². The maximum Gasteiger partial charge on any atom is 0.206 e. The highest BCUT2D eigenvalue weighted by molar-refractivity contribution is 5.97. The molecule has 0 N–H and O–H groups in total. The second-order valence-electron chi connectivity index (χ2n) is 3.96. The Morgan fingerprint density at radius 3 is 2.20 bits per heavy atom. The van der Waals surface area contributed by atoms with E-state index >= 15 is 0 Å². The number of ketones is 1. The van der Waals surface area contributed by atoms with Crippen molar-refractivity contribution in [3.8, 4) is 11.5 Å². The Morgan fingerprint density at radius 1 is 1.00 bits per heavy atom. The minimum absolute atomic E-state index is 0.333. The van der Waals surface area contributed by atoms with E-state index in [0.29, 0.717) is 11.5 Å². The third-order valence-electron chi connectivity index (χ3n) is 2.67. The smallest absolute Gasteiger partial charge is 0.206 e. The number of hydrogen-bond donors (Lipinski definition) is 0. The van der Waals surface area contributed by atoms with E-state index in [2.05, 4.69) is 0 Å². The lowest BCUT2D eigenvalue weighted by molar-refractivity contribution is 0.0911. The Labute approximate surface area is 114 Å². The van der Waals surface area contributed by atoms with Crippen LogP contribution in [0.4, 0.5) is 8.78 Å². The first-order chi connectivity index (χ1) is 9.63. The Morgan fingerprint density at radius 2 is 1.60 bits per heavy atom. The maximum absolute atomic E-state index is 13.4. The molecule has 0 saturated carbocycles. The molecule has 0 saturated heterocycles. The molecule has 0 atom stereocenters. The van der Waals surface area contributed by atoms with Crippen LogP contribution in [0.25, 0.3) is 0 Å². The van der Waals surface area contributed by atoms with E-state index in [0.717, 1.165) is 12.1 Å². The van der Waals surface area contributed by atoms with Gasteiger partial charge in [0.25, 0.3) is 0 Å². The molecule has 0 spiro atoms. The van der Waals surface area contributed by atoms with Crippen molar-refractivity contribution in [3.63, 3.8) is 0 Å². The minimum atomic E-state index is -0.904. The van der Waals surface area contributed by atoms with E-state index in [9.17, 15) is 13.6 Å². The van der Waals surface area contributed by atoms with Gasteiger partial charge in [0, 0.05) is 0 Å². The number of rotatable bonds is 5. The molecule has 0 bridgehead atoms. The summed E-state index contributed by atoms with van der Waals surface area (Å²) < 4.78 is 37.2. The van der Waals surface area contributed by atoms with Gasteiger partial charge in [-0.1, -0.05) is 18.2 Å². The van der Waals surface area contributed by atoms with Gasteiger partial charge in [0.05, 0.1) is 12.7 Å². The molecule has 0 unspecified atom stereocenters. The fourth-order valence-corrected chi connectivity index (χ4v) is 1.72. The number of benzene rings is 2. The fraction of sp³-hybridized carbons (Fsp3) is 0.133. The first-order valence-electron chi connectivity index (χ1n) is 5.86. The van der Waals surface area contributed by atoms with Crippen LogP contribution in [0.15, 0.2) is 42.5 Å². The van der Waals surface area contributed by atoms with Crippen LogP contribution in [0.5, 0.6) is 11.5 Å². The van der Waals surface area contributed by atoms with Gasteiger partial charge in [-0.3, -0.25) is 4.79 Å². The predicted molar refractivity (Wildman–Crippen MR) is 69.2 cm³/mol. The van der Waals surface area contributed by atoms with Gasteiger partial charge in [-0.25, -0.2) is 8.78 Å². The molecule has 5 heteroatoms. The van der Waals surface area contributed by atoms with Crippen molar-refractivity contribution < 1.29 is 23.0 Å². The number of hydrogen-bond acceptors (Lipinski definition) is 3. The lowest BCUT2D eigenvalue weighted by atomic mass is 10.1. The number of carbonyl (C=O) groups excluding carboxylic acids is 1. The summed E-state index contributed by atoms with van der Waals surface area (Å²) in [5, 5.41) is 0. The molecular formula is C15H12F2O3. The van der Waals surface area contributed by atoms with Crippen molar-refractivity contribution in [1.82, 2.24) is 0 Å². The summed E-state index contributed by atoms with van der Waals surface area (Å²) in [5.74, 6) is -1.81. The number of Topliss-reactive ketones (excluding diaryl/α,β-unsaturated/α-hetero) is 1. The molecule has 0 amide bonds. The van der Waals surface area contributed by atoms with Crippen molar-refractivity contribution in [1.29, 1.82) is 0 Å². The fourth-order valence-electron chi connectivity index (χ4n) is 1.72. The summed E-state index contributed by atoms with van der Waals surface area (Å²) in [4.78, 5) is 11.8. The molecule has 0 heterocycles. The van der Waals surface area contributed by atoms with Gasteiger partial charge in [0.2, 0.25) is 5.78 Å². The molecule has 0 aliphatic heterocycles. The number of carbonyl (C=O) groups is 1. The third kappa shape index (κ3) is 2.93. The van der Waals surface area contributed by atoms with Crippen LogP contribution in [0.1, 0.15) is 10.4 Å². The molecule has 20 heavy (non-hydrogen) atoms. The van der Waals surface area contributed by atoms with Gasteiger partial charge in [-0.15, -0.1) is 0 Å². The van der Waals surface area contributed by atoms with Crippen LogP contribution < -0.4 is 9.47 Å². The van der Waals surface area contributed by atoms with Crippen LogP contribution in [-0.2, 0) is 0 Å². The van der Waals surface area contributed by atoms with E-state index in [-0.39, 0.29) is 0 Å². The van der Waals surface area contributed by atoms with Gasteiger partial charge >= 0.3 is 0 Å². The molecule has 0 aliphatic rings. The SMILES string of the molecule is COc1ccccc1OCC(=O)c1c(F)cccc1F. The van der Waals surface area contributed by atoms with Gasteiger partial charge in [-0.05, 0) is 24.3 Å². The molecule has 3 nitrogen and oxygen atoms in total. The van der Waals surface area contributed by atoms with Crippen LogP contribution in [0.3, 0.4) is 0 Å². The van der Waals surface area contributed by atoms with Crippen LogP contribution in [0.2, 0.25) is 0 Å². The summed E-state index contributed by atoms with van der Waals surface area (Å²) in [7, 11) is 1.46. The molecule has 2 rings (SSSR count). The average Bonchev–Trinajstić information content (AvgIpc) is 2.45. The molecular weight excluding hydrogens is 266 g/mol. The van der Waals surface area contributed by atoms with E-state index < -0.39 is 29.6 Å². The second kappa shape index (κ2) is 6.14. The van der Waals surface area contributed by atoms with Gasteiger partial charge in [0.1, 0.15) is 11.6 Å². The molecule has 0 aromatic heterocycles. The summed E-state index contributed by atoms with van der Waals surface area (Å²) >= 11 is 0. The van der Waals surface area contributed by atoms with E-state index in [1.54, 1.807) is 24.3 Å². The Balaban J connectivity index is 2.13. The Bertz CT molecular complexity index is 606. The van der Waals surface area contributed by atoms with Crippen molar-refractivity contribution in [2.45, 2.75) is 0 Å². The standard InChI is InChI=1S/C15H12F2O3/c1-19-13-7-2-3-8-14(13)20-9-12(18)15-10(16)5-4-6-11(15)17/h2-8H,9H2,1H3. The normalized spacial score (nSPS) is 10.2. The molecule has 2 aromatic rings. The summed E-state index contributed by atoms with van der Waals surface area (Å²) in [5.41, 5.74) is -0.595. The van der Waals surface area contributed by atoms with Crippen molar-refractivity contribution in [2.75, 3.05) is 13.7 Å².